The minimum Gasteiger partial charge on any atom is -0.338 e. The standard InChI is InChI=1S/C13H10N8O/c22-13-12(20-7-6-17-19-20)18-10-11(16-5-4-15-10)21(13)9-2-1-3-14-8-9/h1-8,12H,(H,15,18). The number of carbonyl (C=O) groups excluding carboxylic acids is 1. The summed E-state index contributed by atoms with van der Waals surface area (Å²) in [5.74, 6) is 0.676. The summed E-state index contributed by atoms with van der Waals surface area (Å²) in [6.45, 7) is 0. The summed E-state index contributed by atoms with van der Waals surface area (Å²) in [6, 6.07) is 3.54. The molecule has 0 bridgehead atoms. The van der Waals surface area contributed by atoms with Crippen LogP contribution in [-0.4, -0.2) is 35.9 Å². The number of pyridine rings is 1. The van der Waals surface area contributed by atoms with Crippen LogP contribution in [0.2, 0.25) is 0 Å². The summed E-state index contributed by atoms with van der Waals surface area (Å²) in [7, 11) is 0. The number of aromatic nitrogens is 6. The van der Waals surface area contributed by atoms with Crippen LogP contribution in [0, 0.1) is 0 Å². The third-order valence-corrected chi connectivity index (χ3v) is 3.23. The molecule has 1 atom stereocenters. The van der Waals surface area contributed by atoms with E-state index in [1.165, 1.54) is 22.0 Å². The average molecular weight is 294 g/mol. The SMILES string of the molecule is O=C1C(n2ccnn2)Nc2nccnc2N1c1cccnc1. The Labute approximate surface area is 124 Å². The molecule has 1 N–H and O–H groups in total. The van der Waals surface area contributed by atoms with Gasteiger partial charge in [0.15, 0.2) is 11.6 Å². The summed E-state index contributed by atoms with van der Waals surface area (Å²) in [6.07, 6.45) is 8.71. The predicted octanol–water partition coefficient (Wildman–Crippen LogP) is 0.752. The van der Waals surface area contributed by atoms with Crippen molar-refractivity contribution >= 4 is 23.2 Å². The van der Waals surface area contributed by atoms with Gasteiger partial charge < -0.3 is 5.32 Å². The molecule has 0 saturated carbocycles. The van der Waals surface area contributed by atoms with E-state index in [9.17, 15) is 4.79 Å². The maximum atomic E-state index is 12.9. The topological polar surface area (TPSA) is 102 Å². The maximum Gasteiger partial charge on any atom is 0.278 e. The molecule has 1 aliphatic rings. The molecule has 3 aromatic heterocycles. The van der Waals surface area contributed by atoms with Crippen molar-refractivity contribution in [2.75, 3.05) is 10.2 Å². The van der Waals surface area contributed by atoms with Crippen LogP contribution < -0.4 is 10.2 Å². The third kappa shape index (κ3) is 1.87. The molecule has 0 spiro atoms. The van der Waals surface area contributed by atoms with Gasteiger partial charge >= 0.3 is 0 Å². The number of hydrogen-bond donors (Lipinski definition) is 1. The van der Waals surface area contributed by atoms with Crippen LogP contribution in [0.25, 0.3) is 0 Å². The summed E-state index contributed by atoms with van der Waals surface area (Å²) >= 11 is 0. The molecule has 9 heteroatoms. The second-order valence-corrected chi connectivity index (χ2v) is 4.54. The van der Waals surface area contributed by atoms with Gasteiger partial charge in [0.05, 0.1) is 18.1 Å². The summed E-state index contributed by atoms with van der Waals surface area (Å²) < 4.78 is 1.43. The van der Waals surface area contributed by atoms with Crippen LogP contribution in [0.1, 0.15) is 6.17 Å². The van der Waals surface area contributed by atoms with Crippen molar-refractivity contribution in [1.29, 1.82) is 0 Å². The Morgan fingerprint density at radius 1 is 1.14 bits per heavy atom. The molecular formula is C13H10N8O. The number of nitrogens with zero attached hydrogens (tertiary/aromatic N) is 7. The van der Waals surface area contributed by atoms with Crippen LogP contribution in [0.15, 0.2) is 49.3 Å². The van der Waals surface area contributed by atoms with Crippen molar-refractivity contribution in [3.8, 4) is 0 Å². The second kappa shape index (κ2) is 4.88. The van der Waals surface area contributed by atoms with Crippen LogP contribution in [0.4, 0.5) is 17.3 Å². The van der Waals surface area contributed by atoms with Crippen LogP contribution >= 0.6 is 0 Å². The molecule has 4 rings (SSSR count). The first-order valence-electron chi connectivity index (χ1n) is 6.52. The Bertz CT molecular complexity index is 804. The lowest BCUT2D eigenvalue weighted by Gasteiger charge is -2.32. The number of anilines is 3. The highest BCUT2D eigenvalue weighted by Gasteiger charge is 2.36. The molecule has 3 aromatic rings. The summed E-state index contributed by atoms with van der Waals surface area (Å²) in [5.41, 5.74) is 0.612. The van der Waals surface area contributed by atoms with Crippen molar-refractivity contribution in [1.82, 2.24) is 29.9 Å². The number of fused-ring (bicyclic) bond motifs is 1. The number of rotatable bonds is 2. The van der Waals surface area contributed by atoms with Gasteiger partial charge in [0.25, 0.3) is 5.91 Å². The first kappa shape index (κ1) is 12.4. The Morgan fingerprint density at radius 3 is 2.82 bits per heavy atom. The molecule has 1 unspecified atom stereocenters. The molecule has 1 amide bonds. The first-order valence-corrected chi connectivity index (χ1v) is 6.52. The van der Waals surface area contributed by atoms with E-state index in [0.29, 0.717) is 17.3 Å². The van der Waals surface area contributed by atoms with Gasteiger partial charge in [-0.25, -0.2) is 14.6 Å². The minimum atomic E-state index is -0.744. The monoisotopic (exact) mass is 294 g/mol. The average Bonchev–Trinajstić information content (AvgIpc) is 3.09. The Morgan fingerprint density at radius 2 is 2.05 bits per heavy atom. The maximum absolute atomic E-state index is 12.9. The number of nitrogens with one attached hydrogen (secondary N) is 1. The van der Waals surface area contributed by atoms with Gasteiger partial charge in [-0.15, -0.1) is 5.10 Å². The van der Waals surface area contributed by atoms with E-state index in [-0.39, 0.29) is 5.91 Å². The van der Waals surface area contributed by atoms with E-state index < -0.39 is 6.17 Å². The quantitative estimate of drug-likeness (QED) is 0.744. The highest BCUT2D eigenvalue weighted by Crippen LogP contribution is 2.35. The minimum absolute atomic E-state index is 0.244. The fraction of sp³-hybridized carbons (Fsp3) is 0.0769. The number of hydrogen-bond acceptors (Lipinski definition) is 7. The molecule has 0 fully saturated rings. The van der Waals surface area contributed by atoms with Gasteiger partial charge in [-0.3, -0.25) is 14.7 Å². The van der Waals surface area contributed by atoms with Crippen molar-refractivity contribution < 1.29 is 4.79 Å². The zero-order chi connectivity index (χ0) is 14.9. The zero-order valence-corrected chi connectivity index (χ0v) is 11.2. The number of carbonyl (C=O) groups is 1. The van der Waals surface area contributed by atoms with E-state index in [0.717, 1.165) is 0 Å². The van der Waals surface area contributed by atoms with Crippen molar-refractivity contribution in [3.05, 3.63) is 49.3 Å². The molecule has 0 saturated heterocycles. The lowest BCUT2D eigenvalue weighted by Crippen LogP contribution is -2.43. The zero-order valence-electron chi connectivity index (χ0n) is 11.2. The fourth-order valence-electron chi connectivity index (χ4n) is 2.28. The van der Waals surface area contributed by atoms with Crippen molar-refractivity contribution in [2.24, 2.45) is 0 Å². The van der Waals surface area contributed by atoms with Crippen LogP contribution in [0.5, 0.6) is 0 Å². The molecule has 108 valence electrons. The van der Waals surface area contributed by atoms with E-state index in [2.05, 4.69) is 30.6 Å². The molecule has 0 radical (unpaired) electrons. The smallest absolute Gasteiger partial charge is 0.278 e. The first-order chi connectivity index (χ1) is 10.8. The second-order valence-electron chi connectivity index (χ2n) is 4.54. The lowest BCUT2D eigenvalue weighted by molar-refractivity contribution is -0.120. The molecular weight excluding hydrogens is 284 g/mol. The Balaban J connectivity index is 1.86. The Hall–Kier alpha value is -3.36. The van der Waals surface area contributed by atoms with Crippen LogP contribution in [-0.2, 0) is 4.79 Å². The molecule has 0 aliphatic carbocycles. The summed E-state index contributed by atoms with van der Waals surface area (Å²) in [4.78, 5) is 26.9. The number of amides is 1. The van der Waals surface area contributed by atoms with Gasteiger partial charge in [-0.05, 0) is 12.1 Å². The van der Waals surface area contributed by atoms with E-state index in [4.69, 9.17) is 0 Å². The van der Waals surface area contributed by atoms with E-state index in [1.54, 1.807) is 36.9 Å². The largest absolute Gasteiger partial charge is 0.338 e. The molecule has 22 heavy (non-hydrogen) atoms. The molecule has 0 aromatic carbocycles. The van der Waals surface area contributed by atoms with Gasteiger partial charge in [0.2, 0.25) is 6.17 Å². The van der Waals surface area contributed by atoms with E-state index >= 15 is 0 Å². The van der Waals surface area contributed by atoms with Crippen molar-refractivity contribution in [2.45, 2.75) is 6.17 Å². The lowest BCUT2D eigenvalue weighted by atomic mass is 10.2. The summed E-state index contributed by atoms with van der Waals surface area (Å²) in [5, 5.41) is 10.6. The Kier molecular flexibility index (Phi) is 2.75. The van der Waals surface area contributed by atoms with Crippen molar-refractivity contribution in [3.63, 3.8) is 0 Å². The van der Waals surface area contributed by atoms with Gasteiger partial charge in [-0.2, -0.15) is 0 Å². The molecule has 9 nitrogen and oxygen atoms in total. The highest BCUT2D eigenvalue weighted by molar-refractivity contribution is 6.07. The van der Waals surface area contributed by atoms with Gasteiger partial charge in [0.1, 0.15) is 0 Å². The third-order valence-electron chi connectivity index (χ3n) is 3.23. The van der Waals surface area contributed by atoms with E-state index in [1.807, 2.05) is 0 Å². The fourth-order valence-corrected chi connectivity index (χ4v) is 2.28. The normalized spacial score (nSPS) is 17.0. The van der Waals surface area contributed by atoms with Crippen LogP contribution in [0.3, 0.4) is 0 Å². The molecule has 1 aliphatic heterocycles. The molecule has 4 heterocycles. The van der Waals surface area contributed by atoms with Gasteiger partial charge in [0, 0.05) is 24.8 Å². The van der Waals surface area contributed by atoms with Gasteiger partial charge in [-0.1, -0.05) is 5.21 Å². The predicted molar refractivity (Wildman–Crippen MR) is 76.1 cm³/mol. The highest BCUT2D eigenvalue weighted by atomic mass is 16.2.